The predicted molar refractivity (Wildman–Crippen MR) is 139 cm³/mol. The fraction of sp³-hybridized carbons (Fsp3) is 0.258. The third-order valence-electron chi connectivity index (χ3n) is 6.25. The molecule has 0 atom stereocenters. The molecule has 1 heterocycles. The molecule has 4 rings (SSSR count). The normalized spacial score (nSPS) is 11.8. The van der Waals surface area contributed by atoms with Crippen LogP contribution < -0.4 is 0 Å². The third kappa shape index (κ3) is 6.84. The van der Waals surface area contributed by atoms with Gasteiger partial charge in [-0.1, -0.05) is 44.2 Å². The molecule has 0 radical (unpaired) electrons. The van der Waals surface area contributed by atoms with E-state index in [9.17, 15) is 22.0 Å². The standard InChI is InChI=1S/C31H28F5NO/c1-20(2)30-28(19-38-16-4-6-21-5-3-7-24(17-21)31(34,35)36)27(22-8-12-25(32)13-9-22)18-29(37-30)23-10-14-26(33)15-11-23/h3,5,7-15,17-18,20H,4,6,16,19H2,1-2H3. The van der Waals surface area contributed by atoms with Crippen molar-refractivity contribution in [3.05, 3.63) is 113 Å². The number of hydrogen-bond donors (Lipinski definition) is 0. The van der Waals surface area contributed by atoms with Crippen molar-refractivity contribution in [3.8, 4) is 22.4 Å². The highest BCUT2D eigenvalue weighted by Crippen LogP contribution is 2.34. The minimum absolute atomic E-state index is 0.0401. The molecule has 0 unspecified atom stereocenters. The molecule has 0 bridgehead atoms. The number of pyridine rings is 1. The van der Waals surface area contributed by atoms with Crippen LogP contribution in [0.15, 0.2) is 78.9 Å². The molecule has 0 fully saturated rings. The first-order valence-corrected chi connectivity index (χ1v) is 12.4. The molecule has 0 aliphatic rings. The molecule has 2 nitrogen and oxygen atoms in total. The summed E-state index contributed by atoms with van der Waals surface area (Å²) in [6, 6.07) is 19.5. The second kappa shape index (κ2) is 11.9. The summed E-state index contributed by atoms with van der Waals surface area (Å²) >= 11 is 0. The van der Waals surface area contributed by atoms with Crippen LogP contribution in [0.3, 0.4) is 0 Å². The van der Waals surface area contributed by atoms with Crippen molar-refractivity contribution in [2.24, 2.45) is 0 Å². The Kier molecular flexibility index (Phi) is 8.57. The summed E-state index contributed by atoms with van der Waals surface area (Å²) < 4.78 is 72.1. The molecule has 0 spiro atoms. The molecule has 38 heavy (non-hydrogen) atoms. The van der Waals surface area contributed by atoms with Crippen molar-refractivity contribution >= 4 is 0 Å². The van der Waals surface area contributed by atoms with Crippen LogP contribution in [0.1, 0.15) is 48.6 Å². The van der Waals surface area contributed by atoms with E-state index in [2.05, 4.69) is 0 Å². The van der Waals surface area contributed by atoms with Gasteiger partial charge in [-0.2, -0.15) is 13.2 Å². The summed E-state index contributed by atoms with van der Waals surface area (Å²) in [4.78, 5) is 4.87. The van der Waals surface area contributed by atoms with Gasteiger partial charge in [0.05, 0.1) is 17.9 Å². The SMILES string of the molecule is CC(C)c1nc(-c2ccc(F)cc2)cc(-c2ccc(F)cc2)c1COCCCc1cccc(C(F)(F)F)c1. The molecule has 0 aliphatic heterocycles. The Hall–Kier alpha value is -3.58. The average Bonchev–Trinajstić information content (AvgIpc) is 2.89. The quantitative estimate of drug-likeness (QED) is 0.161. The molecule has 0 saturated carbocycles. The lowest BCUT2D eigenvalue weighted by atomic mass is 9.93. The van der Waals surface area contributed by atoms with E-state index in [1.807, 2.05) is 19.9 Å². The van der Waals surface area contributed by atoms with E-state index in [-0.39, 0.29) is 24.2 Å². The summed E-state index contributed by atoms with van der Waals surface area (Å²) in [6.45, 7) is 4.61. The maximum absolute atomic E-state index is 13.7. The Morgan fingerprint density at radius 2 is 1.45 bits per heavy atom. The fourth-order valence-electron chi connectivity index (χ4n) is 4.33. The first kappa shape index (κ1) is 27.5. The van der Waals surface area contributed by atoms with Gasteiger partial charge >= 0.3 is 6.18 Å². The number of halogens is 5. The van der Waals surface area contributed by atoms with E-state index < -0.39 is 11.7 Å². The maximum atomic E-state index is 13.7. The number of ether oxygens (including phenoxy) is 1. The minimum Gasteiger partial charge on any atom is -0.377 e. The number of aryl methyl sites for hydroxylation is 1. The minimum atomic E-state index is -4.37. The molecule has 198 valence electrons. The molecule has 1 aromatic heterocycles. The second-order valence-electron chi connectivity index (χ2n) is 9.44. The first-order chi connectivity index (χ1) is 18.1. The van der Waals surface area contributed by atoms with Crippen molar-refractivity contribution in [1.29, 1.82) is 0 Å². The van der Waals surface area contributed by atoms with Crippen LogP contribution in [0, 0.1) is 11.6 Å². The lowest BCUT2D eigenvalue weighted by molar-refractivity contribution is -0.137. The zero-order valence-electron chi connectivity index (χ0n) is 21.2. The van der Waals surface area contributed by atoms with Crippen LogP contribution in [0.2, 0.25) is 0 Å². The van der Waals surface area contributed by atoms with Crippen LogP contribution in [0.5, 0.6) is 0 Å². The molecular formula is C31H28F5NO. The Morgan fingerprint density at radius 1 is 0.816 bits per heavy atom. The van der Waals surface area contributed by atoms with Gasteiger partial charge in [0.25, 0.3) is 0 Å². The van der Waals surface area contributed by atoms with E-state index in [1.165, 1.54) is 36.4 Å². The van der Waals surface area contributed by atoms with E-state index in [4.69, 9.17) is 9.72 Å². The van der Waals surface area contributed by atoms with Gasteiger partial charge in [0.2, 0.25) is 0 Å². The number of rotatable bonds is 9. The molecule has 0 aliphatic carbocycles. The Morgan fingerprint density at radius 3 is 2.05 bits per heavy atom. The number of hydrogen-bond acceptors (Lipinski definition) is 2. The Bertz CT molecular complexity index is 1360. The topological polar surface area (TPSA) is 22.1 Å². The molecule has 0 N–H and O–H groups in total. The maximum Gasteiger partial charge on any atom is 0.416 e. The number of alkyl halides is 3. The van der Waals surface area contributed by atoms with Crippen molar-refractivity contribution in [3.63, 3.8) is 0 Å². The van der Waals surface area contributed by atoms with E-state index in [0.717, 1.165) is 34.0 Å². The summed E-state index contributed by atoms with van der Waals surface area (Å²) in [6.07, 6.45) is -3.37. The number of nitrogens with zero attached hydrogens (tertiary/aromatic N) is 1. The van der Waals surface area contributed by atoms with Gasteiger partial charge in [-0.15, -0.1) is 0 Å². The summed E-state index contributed by atoms with van der Waals surface area (Å²) in [5.74, 6) is -0.650. The molecule has 0 amide bonds. The highest BCUT2D eigenvalue weighted by atomic mass is 19.4. The van der Waals surface area contributed by atoms with E-state index in [1.54, 1.807) is 30.3 Å². The summed E-state index contributed by atoms with van der Waals surface area (Å²) in [5.41, 5.74) is 4.66. The second-order valence-corrected chi connectivity index (χ2v) is 9.44. The molecular weight excluding hydrogens is 497 g/mol. The predicted octanol–water partition coefficient (Wildman–Crippen LogP) is 8.99. The van der Waals surface area contributed by atoms with Crippen LogP contribution >= 0.6 is 0 Å². The van der Waals surface area contributed by atoms with Gasteiger partial charge in [-0.3, -0.25) is 4.98 Å². The van der Waals surface area contributed by atoms with Gasteiger partial charge < -0.3 is 4.74 Å². The van der Waals surface area contributed by atoms with Crippen molar-refractivity contribution in [2.75, 3.05) is 6.61 Å². The largest absolute Gasteiger partial charge is 0.416 e. The van der Waals surface area contributed by atoms with Gasteiger partial charge in [-0.05, 0) is 84.0 Å². The van der Waals surface area contributed by atoms with Crippen LogP contribution in [0.25, 0.3) is 22.4 Å². The van der Waals surface area contributed by atoms with Crippen LogP contribution in [0.4, 0.5) is 22.0 Å². The molecule has 0 saturated heterocycles. The summed E-state index contributed by atoms with van der Waals surface area (Å²) in [7, 11) is 0. The van der Waals surface area contributed by atoms with Gasteiger partial charge in [-0.25, -0.2) is 8.78 Å². The highest BCUT2D eigenvalue weighted by Gasteiger charge is 2.30. The van der Waals surface area contributed by atoms with Gasteiger partial charge in [0.1, 0.15) is 11.6 Å². The number of aromatic nitrogens is 1. The van der Waals surface area contributed by atoms with Crippen molar-refractivity contribution in [2.45, 2.75) is 45.4 Å². The molecule has 4 aromatic rings. The van der Waals surface area contributed by atoms with E-state index in [0.29, 0.717) is 30.7 Å². The Balaban J connectivity index is 1.57. The van der Waals surface area contributed by atoms with Crippen LogP contribution in [-0.4, -0.2) is 11.6 Å². The smallest absolute Gasteiger partial charge is 0.377 e. The lowest BCUT2D eigenvalue weighted by Crippen LogP contribution is -2.08. The lowest BCUT2D eigenvalue weighted by Gasteiger charge is -2.19. The highest BCUT2D eigenvalue weighted by molar-refractivity contribution is 5.74. The van der Waals surface area contributed by atoms with Crippen molar-refractivity contribution in [1.82, 2.24) is 4.98 Å². The summed E-state index contributed by atoms with van der Waals surface area (Å²) in [5, 5.41) is 0. The average molecular weight is 526 g/mol. The zero-order chi connectivity index (χ0) is 27.3. The Labute approximate surface area is 219 Å². The first-order valence-electron chi connectivity index (χ1n) is 12.4. The molecule has 7 heteroatoms. The molecule has 3 aromatic carbocycles. The number of benzene rings is 3. The van der Waals surface area contributed by atoms with Crippen molar-refractivity contribution < 1.29 is 26.7 Å². The zero-order valence-corrected chi connectivity index (χ0v) is 21.2. The van der Waals surface area contributed by atoms with Gasteiger partial charge in [0.15, 0.2) is 0 Å². The fourth-order valence-corrected chi connectivity index (χ4v) is 4.33. The monoisotopic (exact) mass is 525 g/mol. The van der Waals surface area contributed by atoms with Crippen LogP contribution in [-0.2, 0) is 23.9 Å². The van der Waals surface area contributed by atoms with Gasteiger partial charge in [0, 0.05) is 23.4 Å². The third-order valence-corrected chi connectivity index (χ3v) is 6.25. The van der Waals surface area contributed by atoms with E-state index >= 15 is 0 Å².